The molecule has 1 unspecified atom stereocenters. The first-order chi connectivity index (χ1) is 10.2. The summed E-state index contributed by atoms with van der Waals surface area (Å²) in [5.74, 6) is 0.000579. The van der Waals surface area contributed by atoms with Gasteiger partial charge in [-0.25, -0.2) is 0 Å². The van der Waals surface area contributed by atoms with Crippen molar-refractivity contribution in [2.75, 3.05) is 26.4 Å². The highest BCUT2D eigenvalue weighted by molar-refractivity contribution is 5.88. The smallest absolute Gasteiger partial charge is 0.227 e. The molecule has 1 aliphatic rings. The molecule has 112 valence electrons. The number of amides is 1. The SMILES string of the molecule is Cc1ccc2c(CC(=O)N3CCOCC3CO)coc2c1. The standard InChI is InChI=1S/C16H19NO4/c1-11-2-3-14-12(9-21-15(14)6-11)7-16(19)17-4-5-20-10-13(17)8-18/h2-3,6,9,13,18H,4-5,7-8,10H2,1H3. The summed E-state index contributed by atoms with van der Waals surface area (Å²) < 4.78 is 10.8. The molecule has 1 aromatic heterocycles. The number of aryl methyl sites for hydroxylation is 1. The van der Waals surface area contributed by atoms with Crippen LogP contribution in [0.2, 0.25) is 0 Å². The fourth-order valence-electron chi connectivity index (χ4n) is 2.73. The van der Waals surface area contributed by atoms with E-state index in [2.05, 4.69) is 0 Å². The highest BCUT2D eigenvalue weighted by Crippen LogP contribution is 2.23. The van der Waals surface area contributed by atoms with Crippen molar-refractivity contribution in [1.29, 1.82) is 0 Å². The minimum Gasteiger partial charge on any atom is -0.464 e. The summed E-state index contributed by atoms with van der Waals surface area (Å²) in [5, 5.41) is 10.3. The van der Waals surface area contributed by atoms with Crippen LogP contribution in [0.25, 0.3) is 11.0 Å². The Kier molecular flexibility index (Phi) is 3.94. The van der Waals surface area contributed by atoms with E-state index in [1.54, 1.807) is 11.2 Å². The Hall–Kier alpha value is -1.85. The van der Waals surface area contributed by atoms with Crippen LogP contribution in [0.5, 0.6) is 0 Å². The third kappa shape index (κ3) is 2.80. The van der Waals surface area contributed by atoms with E-state index in [0.29, 0.717) is 19.8 Å². The van der Waals surface area contributed by atoms with Crippen LogP contribution < -0.4 is 0 Å². The fourth-order valence-corrected chi connectivity index (χ4v) is 2.73. The molecule has 0 bridgehead atoms. The topological polar surface area (TPSA) is 62.9 Å². The van der Waals surface area contributed by atoms with E-state index in [0.717, 1.165) is 22.1 Å². The van der Waals surface area contributed by atoms with Crippen LogP contribution >= 0.6 is 0 Å². The largest absolute Gasteiger partial charge is 0.464 e. The molecule has 1 saturated heterocycles. The molecule has 0 spiro atoms. The zero-order valence-electron chi connectivity index (χ0n) is 12.0. The van der Waals surface area contributed by atoms with E-state index in [4.69, 9.17) is 9.15 Å². The molecular weight excluding hydrogens is 270 g/mol. The van der Waals surface area contributed by atoms with E-state index >= 15 is 0 Å². The number of hydrogen-bond donors (Lipinski definition) is 1. The number of benzene rings is 1. The van der Waals surface area contributed by atoms with Crippen LogP contribution in [-0.2, 0) is 16.0 Å². The van der Waals surface area contributed by atoms with Crippen LogP contribution in [0.15, 0.2) is 28.9 Å². The van der Waals surface area contributed by atoms with Crippen molar-refractivity contribution in [2.24, 2.45) is 0 Å². The quantitative estimate of drug-likeness (QED) is 0.930. The van der Waals surface area contributed by atoms with Gasteiger partial charge in [-0.2, -0.15) is 0 Å². The first-order valence-electron chi connectivity index (χ1n) is 7.14. The summed E-state index contributed by atoms with van der Waals surface area (Å²) in [6, 6.07) is 5.72. The zero-order valence-corrected chi connectivity index (χ0v) is 12.0. The number of nitrogens with zero attached hydrogens (tertiary/aromatic N) is 1. The average Bonchev–Trinajstić information content (AvgIpc) is 2.89. The molecule has 1 atom stereocenters. The third-order valence-corrected chi connectivity index (χ3v) is 3.91. The second kappa shape index (κ2) is 5.87. The Balaban J connectivity index is 1.79. The molecule has 5 nitrogen and oxygen atoms in total. The van der Waals surface area contributed by atoms with E-state index < -0.39 is 0 Å². The van der Waals surface area contributed by atoms with Crippen molar-refractivity contribution < 1.29 is 19.1 Å². The van der Waals surface area contributed by atoms with Crippen molar-refractivity contribution >= 4 is 16.9 Å². The van der Waals surface area contributed by atoms with Crippen LogP contribution in [0.1, 0.15) is 11.1 Å². The van der Waals surface area contributed by atoms with Crippen molar-refractivity contribution in [3.8, 4) is 0 Å². The van der Waals surface area contributed by atoms with Crippen molar-refractivity contribution in [3.05, 3.63) is 35.6 Å². The minimum absolute atomic E-state index is 0.000579. The molecule has 0 radical (unpaired) electrons. The number of rotatable bonds is 3. The monoisotopic (exact) mass is 289 g/mol. The van der Waals surface area contributed by atoms with Crippen LogP contribution in [0.4, 0.5) is 0 Å². The molecule has 0 saturated carbocycles. The van der Waals surface area contributed by atoms with Gasteiger partial charge in [0.15, 0.2) is 0 Å². The van der Waals surface area contributed by atoms with E-state index in [-0.39, 0.29) is 25.0 Å². The molecule has 2 heterocycles. The van der Waals surface area contributed by atoms with Gasteiger partial charge in [0.1, 0.15) is 5.58 Å². The lowest BCUT2D eigenvalue weighted by molar-refractivity contribution is -0.140. The van der Waals surface area contributed by atoms with Gasteiger partial charge in [0.2, 0.25) is 5.91 Å². The first kappa shape index (κ1) is 14.1. The van der Waals surface area contributed by atoms with Crippen LogP contribution in [0.3, 0.4) is 0 Å². The van der Waals surface area contributed by atoms with Crippen molar-refractivity contribution in [3.63, 3.8) is 0 Å². The fraction of sp³-hybridized carbons (Fsp3) is 0.438. The highest BCUT2D eigenvalue weighted by atomic mass is 16.5. The number of hydrogen-bond acceptors (Lipinski definition) is 4. The van der Waals surface area contributed by atoms with Crippen LogP contribution in [-0.4, -0.2) is 48.3 Å². The summed E-state index contributed by atoms with van der Waals surface area (Å²) in [4.78, 5) is 14.2. The number of ether oxygens (including phenoxy) is 1. The number of carbonyl (C=O) groups excluding carboxylic acids is 1. The Labute approximate surface area is 123 Å². The van der Waals surface area contributed by atoms with Gasteiger partial charge >= 0.3 is 0 Å². The average molecular weight is 289 g/mol. The first-order valence-corrected chi connectivity index (χ1v) is 7.14. The van der Waals surface area contributed by atoms with Gasteiger partial charge in [-0.05, 0) is 18.6 Å². The van der Waals surface area contributed by atoms with Gasteiger partial charge in [-0.15, -0.1) is 0 Å². The second-order valence-corrected chi connectivity index (χ2v) is 5.44. The van der Waals surface area contributed by atoms with E-state index in [9.17, 15) is 9.90 Å². The Morgan fingerprint density at radius 3 is 3.14 bits per heavy atom. The zero-order chi connectivity index (χ0) is 14.8. The molecule has 1 aliphatic heterocycles. The molecule has 21 heavy (non-hydrogen) atoms. The molecular formula is C16H19NO4. The third-order valence-electron chi connectivity index (χ3n) is 3.91. The van der Waals surface area contributed by atoms with Crippen molar-refractivity contribution in [1.82, 2.24) is 4.90 Å². The maximum atomic E-state index is 12.5. The molecule has 5 heteroatoms. The minimum atomic E-state index is -0.244. The lowest BCUT2D eigenvalue weighted by atomic mass is 10.1. The summed E-state index contributed by atoms with van der Waals surface area (Å²) in [7, 11) is 0. The van der Waals surface area contributed by atoms with E-state index in [1.165, 1.54) is 0 Å². The second-order valence-electron chi connectivity index (χ2n) is 5.44. The molecule has 0 aliphatic carbocycles. The van der Waals surface area contributed by atoms with Crippen LogP contribution in [0, 0.1) is 6.92 Å². The maximum absolute atomic E-state index is 12.5. The van der Waals surface area contributed by atoms with Gasteiger partial charge in [-0.3, -0.25) is 4.79 Å². The summed E-state index contributed by atoms with van der Waals surface area (Å²) >= 11 is 0. The molecule has 1 fully saturated rings. The number of furan rings is 1. The van der Waals surface area contributed by atoms with Gasteiger partial charge in [0.25, 0.3) is 0 Å². The normalized spacial score (nSPS) is 19.1. The number of aliphatic hydroxyl groups is 1. The summed E-state index contributed by atoms with van der Waals surface area (Å²) in [5.41, 5.74) is 2.82. The lowest BCUT2D eigenvalue weighted by Gasteiger charge is -2.34. The predicted octanol–water partition coefficient (Wildman–Crippen LogP) is 1.50. The molecule has 2 aromatic rings. The van der Waals surface area contributed by atoms with Gasteiger partial charge in [-0.1, -0.05) is 12.1 Å². The molecule has 1 aromatic carbocycles. The number of carbonyl (C=O) groups is 1. The highest BCUT2D eigenvalue weighted by Gasteiger charge is 2.27. The molecule has 1 N–H and O–H groups in total. The number of aliphatic hydroxyl groups excluding tert-OH is 1. The van der Waals surface area contributed by atoms with E-state index in [1.807, 2.05) is 25.1 Å². The van der Waals surface area contributed by atoms with Gasteiger partial charge in [0, 0.05) is 17.5 Å². The Morgan fingerprint density at radius 1 is 1.48 bits per heavy atom. The Bertz CT molecular complexity index is 649. The summed E-state index contributed by atoms with van der Waals surface area (Å²) in [6.45, 7) is 3.38. The number of fused-ring (bicyclic) bond motifs is 1. The molecule has 1 amide bonds. The Morgan fingerprint density at radius 2 is 2.33 bits per heavy atom. The predicted molar refractivity (Wildman–Crippen MR) is 78.1 cm³/mol. The van der Waals surface area contributed by atoms with Gasteiger partial charge in [0.05, 0.1) is 38.5 Å². The summed E-state index contributed by atoms with van der Waals surface area (Å²) in [6.07, 6.45) is 1.93. The molecule has 3 rings (SSSR count). The maximum Gasteiger partial charge on any atom is 0.227 e. The van der Waals surface area contributed by atoms with Crippen molar-refractivity contribution in [2.45, 2.75) is 19.4 Å². The number of morpholine rings is 1. The van der Waals surface area contributed by atoms with Gasteiger partial charge < -0.3 is 19.2 Å². The lowest BCUT2D eigenvalue weighted by Crippen LogP contribution is -2.50.